The van der Waals surface area contributed by atoms with E-state index >= 15 is 0 Å². The number of carboxylic acids is 1. The highest BCUT2D eigenvalue weighted by atomic mass is 35.5. The number of aliphatic hydroxyl groups is 1. The first-order chi connectivity index (χ1) is 8.43. The SMILES string of the molecule is O=C(Nc1cc(Cl)ccc1Cl)N[C@@H](CO)C(=O)O. The average Bonchev–Trinajstić information content (AvgIpc) is 2.30. The number of rotatable bonds is 4. The summed E-state index contributed by atoms with van der Waals surface area (Å²) in [6, 6.07) is 2.25. The molecule has 1 aromatic rings. The lowest BCUT2D eigenvalue weighted by Crippen LogP contribution is -2.45. The van der Waals surface area contributed by atoms with Gasteiger partial charge < -0.3 is 20.8 Å². The molecular formula is C10H10Cl2N2O4. The van der Waals surface area contributed by atoms with Crippen molar-refractivity contribution in [3.05, 3.63) is 28.2 Å². The molecule has 0 heterocycles. The van der Waals surface area contributed by atoms with Gasteiger partial charge in [0.15, 0.2) is 6.04 Å². The first-order valence-electron chi connectivity index (χ1n) is 4.80. The molecule has 98 valence electrons. The van der Waals surface area contributed by atoms with Gasteiger partial charge in [-0.1, -0.05) is 23.2 Å². The van der Waals surface area contributed by atoms with E-state index in [1.165, 1.54) is 12.1 Å². The summed E-state index contributed by atoms with van der Waals surface area (Å²) in [6.07, 6.45) is 0. The minimum atomic E-state index is -1.39. The number of urea groups is 1. The van der Waals surface area contributed by atoms with Crippen LogP contribution in [0.25, 0.3) is 0 Å². The first-order valence-corrected chi connectivity index (χ1v) is 5.56. The van der Waals surface area contributed by atoms with Crippen molar-refractivity contribution in [1.29, 1.82) is 0 Å². The van der Waals surface area contributed by atoms with E-state index in [-0.39, 0.29) is 10.7 Å². The minimum Gasteiger partial charge on any atom is -0.480 e. The second-order valence-corrected chi connectivity index (χ2v) is 4.14. The van der Waals surface area contributed by atoms with E-state index in [2.05, 4.69) is 10.6 Å². The molecule has 4 N–H and O–H groups in total. The molecule has 18 heavy (non-hydrogen) atoms. The van der Waals surface area contributed by atoms with Crippen LogP contribution >= 0.6 is 23.2 Å². The monoisotopic (exact) mass is 292 g/mol. The number of amides is 2. The fourth-order valence-corrected chi connectivity index (χ4v) is 1.43. The van der Waals surface area contributed by atoms with Gasteiger partial charge in [-0.3, -0.25) is 0 Å². The van der Waals surface area contributed by atoms with Crippen LogP contribution in [0, 0.1) is 0 Å². The fraction of sp³-hybridized carbons (Fsp3) is 0.200. The highest BCUT2D eigenvalue weighted by molar-refractivity contribution is 6.35. The van der Waals surface area contributed by atoms with E-state index in [1.807, 2.05) is 0 Å². The van der Waals surface area contributed by atoms with Gasteiger partial charge in [0.25, 0.3) is 0 Å². The molecule has 0 aliphatic rings. The van der Waals surface area contributed by atoms with Gasteiger partial charge in [0.1, 0.15) is 0 Å². The van der Waals surface area contributed by atoms with E-state index in [9.17, 15) is 9.59 Å². The number of nitrogens with one attached hydrogen (secondary N) is 2. The summed E-state index contributed by atoms with van der Waals surface area (Å²) >= 11 is 11.5. The van der Waals surface area contributed by atoms with Gasteiger partial charge in [-0.2, -0.15) is 0 Å². The topological polar surface area (TPSA) is 98.7 Å². The van der Waals surface area contributed by atoms with Gasteiger partial charge in [0.05, 0.1) is 17.3 Å². The fourth-order valence-electron chi connectivity index (χ4n) is 1.10. The lowest BCUT2D eigenvalue weighted by Gasteiger charge is -2.13. The van der Waals surface area contributed by atoms with Crippen molar-refractivity contribution in [2.24, 2.45) is 0 Å². The lowest BCUT2D eigenvalue weighted by atomic mass is 10.3. The van der Waals surface area contributed by atoms with Gasteiger partial charge in [-0.25, -0.2) is 9.59 Å². The third kappa shape index (κ3) is 4.06. The van der Waals surface area contributed by atoms with Gasteiger partial charge in [0, 0.05) is 5.02 Å². The van der Waals surface area contributed by atoms with Crippen LogP contribution in [-0.2, 0) is 4.79 Å². The lowest BCUT2D eigenvalue weighted by molar-refractivity contribution is -0.140. The molecular weight excluding hydrogens is 283 g/mol. The van der Waals surface area contributed by atoms with Crippen molar-refractivity contribution in [3.8, 4) is 0 Å². The van der Waals surface area contributed by atoms with Crippen LogP contribution in [0.15, 0.2) is 18.2 Å². The summed E-state index contributed by atoms with van der Waals surface area (Å²) in [7, 11) is 0. The minimum absolute atomic E-state index is 0.240. The normalized spacial score (nSPS) is 11.7. The first kappa shape index (κ1) is 14.6. The predicted octanol–water partition coefficient (Wildman–Crippen LogP) is 1.56. The summed E-state index contributed by atoms with van der Waals surface area (Å²) in [5.41, 5.74) is 0.240. The number of carboxylic acid groups (broad SMARTS) is 1. The van der Waals surface area contributed by atoms with Crippen LogP contribution in [0.3, 0.4) is 0 Å². The Morgan fingerprint density at radius 2 is 2.00 bits per heavy atom. The van der Waals surface area contributed by atoms with E-state index in [1.54, 1.807) is 6.07 Å². The third-order valence-electron chi connectivity index (χ3n) is 1.96. The molecule has 0 aromatic heterocycles. The number of hydrogen-bond donors (Lipinski definition) is 4. The molecule has 0 saturated carbocycles. The van der Waals surface area contributed by atoms with E-state index in [0.29, 0.717) is 5.02 Å². The van der Waals surface area contributed by atoms with Crippen molar-refractivity contribution in [3.63, 3.8) is 0 Å². The number of aliphatic carboxylic acids is 1. The van der Waals surface area contributed by atoms with Crippen LogP contribution in [0.1, 0.15) is 0 Å². The van der Waals surface area contributed by atoms with Crippen molar-refractivity contribution >= 4 is 40.9 Å². The number of benzene rings is 1. The summed E-state index contributed by atoms with van der Waals surface area (Å²) < 4.78 is 0. The Morgan fingerprint density at radius 1 is 1.33 bits per heavy atom. The van der Waals surface area contributed by atoms with E-state index in [0.717, 1.165) is 0 Å². The maximum absolute atomic E-state index is 11.5. The molecule has 0 radical (unpaired) electrons. The van der Waals surface area contributed by atoms with Crippen LogP contribution in [0.5, 0.6) is 0 Å². The van der Waals surface area contributed by atoms with Crippen LogP contribution in [0.2, 0.25) is 10.0 Å². The summed E-state index contributed by atoms with van der Waals surface area (Å²) in [6.45, 7) is -0.716. The zero-order valence-corrected chi connectivity index (χ0v) is 10.5. The molecule has 0 spiro atoms. The number of hydrogen-bond acceptors (Lipinski definition) is 3. The second-order valence-electron chi connectivity index (χ2n) is 3.30. The van der Waals surface area contributed by atoms with Crippen LogP contribution < -0.4 is 10.6 Å². The Hall–Kier alpha value is -1.50. The molecule has 0 aliphatic heterocycles. The number of aliphatic hydroxyl groups excluding tert-OH is 1. The van der Waals surface area contributed by atoms with E-state index in [4.69, 9.17) is 33.4 Å². The molecule has 6 nitrogen and oxygen atoms in total. The quantitative estimate of drug-likeness (QED) is 0.677. The maximum Gasteiger partial charge on any atom is 0.328 e. The molecule has 2 amide bonds. The van der Waals surface area contributed by atoms with Gasteiger partial charge in [-0.05, 0) is 18.2 Å². The Kier molecular flexibility index (Phi) is 5.21. The Morgan fingerprint density at radius 3 is 2.56 bits per heavy atom. The smallest absolute Gasteiger partial charge is 0.328 e. The van der Waals surface area contributed by atoms with Gasteiger partial charge >= 0.3 is 12.0 Å². The molecule has 1 aromatic carbocycles. The maximum atomic E-state index is 11.5. The Balaban J connectivity index is 2.70. The summed E-state index contributed by atoms with van der Waals surface area (Å²) in [5, 5.41) is 22.4. The van der Waals surface area contributed by atoms with E-state index < -0.39 is 24.6 Å². The molecule has 1 rings (SSSR count). The molecule has 1 atom stereocenters. The molecule has 0 fully saturated rings. The molecule has 0 unspecified atom stereocenters. The predicted molar refractivity (Wildman–Crippen MR) is 67.1 cm³/mol. The zero-order chi connectivity index (χ0) is 13.7. The van der Waals surface area contributed by atoms with Gasteiger partial charge in [0.2, 0.25) is 0 Å². The van der Waals surface area contributed by atoms with Crippen molar-refractivity contribution in [1.82, 2.24) is 5.32 Å². The average molecular weight is 293 g/mol. The largest absolute Gasteiger partial charge is 0.480 e. The van der Waals surface area contributed by atoms with Crippen molar-refractivity contribution in [2.45, 2.75) is 6.04 Å². The zero-order valence-electron chi connectivity index (χ0n) is 8.98. The van der Waals surface area contributed by atoms with Crippen LogP contribution in [-0.4, -0.2) is 34.9 Å². The highest BCUT2D eigenvalue weighted by Crippen LogP contribution is 2.25. The molecule has 0 saturated heterocycles. The molecule has 8 heteroatoms. The number of carbonyl (C=O) groups is 2. The second kappa shape index (κ2) is 6.44. The van der Waals surface area contributed by atoms with Crippen molar-refractivity contribution in [2.75, 3.05) is 11.9 Å². The standard InChI is InChI=1S/C10H10Cl2N2O4/c11-5-1-2-6(12)7(3-5)13-10(18)14-8(4-15)9(16)17/h1-3,8,15H,4H2,(H,16,17)(H2,13,14,18)/t8-/m0/s1. The van der Waals surface area contributed by atoms with Gasteiger partial charge in [-0.15, -0.1) is 0 Å². The summed E-state index contributed by atoms with van der Waals surface area (Å²) in [5.74, 6) is -1.34. The summed E-state index contributed by atoms with van der Waals surface area (Å²) in [4.78, 5) is 22.0. The third-order valence-corrected chi connectivity index (χ3v) is 2.53. The van der Waals surface area contributed by atoms with Crippen molar-refractivity contribution < 1.29 is 19.8 Å². The Bertz CT molecular complexity index is 467. The number of anilines is 1. The number of carbonyl (C=O) groups excluding carboxylic acids is 1. The Labute approximate surface area is 113 Å². The molecule has 0 aliphatic carbocycles. The van der Waals surface area contributed by atoms with Crippen LogP contribution in [0.4, 0.5) is 10.5 Å². The number of halogens is 2. The molecule has 0 bridgehead atoms. The highest BCUT2D eigenvalue weighted by Gasteiger charge is 2.19.